The topological polar surface area (TPSA) is 67.8 Å². The van der Waals surface area contributed by atoms with Gasteiger partial charge in [0.1, 0.15) is 5.01 Å². The predicted molar refractivity (Wildman–Crippen MR) is 124 cm³/mol. The molecule has 0 unspecified atom stereocenters. The van der Waals surface area contributed by atoms with E-state index in [2.05, 4.69) is 40.1 Å². The summed E-state index contributed by atoms with van der Waals surface area (Å²) in [6.07, 6.45) is 0.847. The Hall–Kier alpha value is -3.06. The van der Waals surface area contributed by atoms with E-state index < -0.39 is 0 Å². The highest BCUT2D eigenvalue weighted by atomic mass is 32.1. The molecule has 0 aliphatic rings. The van der Waals surface area contributed by atoms with E-state index in [9.17, 15) is 0 Å². The highest BCUT2D eigenvalue weighted by Gasteiger charge is 2.06. The number of rotatable bonds is 9. The molecule has 0 amide bonds. The lowest BCUT2D eigenvalue weighted by Gasteiger charge is -2.12. The first-order chi connectivity index (χ1) is 14.7. The Bertz CT molecular complexity index is 957. The van der Waals surface area contributed by atoms with E-state index >= 15 is 0 Å². The van der Waals surface area contributed by atoms with Crippen LogP contribution in [-0.4, -0.2) is 38.3 Å². The third-order valence-corrected chi connectivity index (χ3v) is 5.41. The van der Waals surface area contributed by atoms with Gasteiger partial charge in [0, 0.05) is 24.0 Å². The summed E-state index contributed by atoms with van der Waals surface area (Å²) in [6, 6.07) is 16.2. The first-order valence-corrected chi connectivity index (χ1v) is 10.8. The van der Waals surface area contributed by atoms with Crippen molar-refractivity contribution in [3.63, 3.8) is 0 Å². The minimum absolute atomic E-state index is 0.537. The van der Waals surface area contributed by atoms with Crippen LogP contribution in [0.15, 0.2) is 58.9 Å². The second kappa shape index (κ2) is 11.2. The molecule has 158 valence electrons. The van der Waals surface area contributed by atoms with Gasteiger partial charge in [0.25, 0.3) is 0 Å². The van der Waals surface area contributed by atoms with E-state index in [1.807, 2.05) is 36.4 Å². The van der Waals surface area contributed by atoms with Gasteiger partial charge in [-0.25, -0.2) is 9.98 Å². The van der Waals surface area contributed by atoms with E-state index in [0.717, 1.165) is 53.2 Å². The standard InChI is InChI=1S/C23H28N4O2S/c1-4-24-23(25-13-12-17-10-11-20(28-2)21(14-17)29-3)26-15-19-16-30-22(27-19)18-8-6-5-7-9-18/h5-11,14,16H,4,12-13,15H2,1-3H3,(H2,24,25,26). The number of hydrogen-bond donors (Lipinski definition) is 2. The number of nitrogens with zero attached hydrogens (tertiary/aromatic N) is 2. The molecule has 6 nitrogen and oxygen atoms in total. The molecule has 30 heavy (non-hydrogen) atoms. The number of benzene rings is 2. The van der Waals surface area contributed by atoms with Gasteiger partial charge < -0.3 is 20.1 Å². The Morgan fingerprint density at radius 2 is 1.83 bits per heavy atom. The maximum atomic E-state index is 5.38. The molecule has 7 heteroatoms. The number of methoxy groups -OCH3 is 2. The van der Waals surface area contributed by atoms with Gasteiger partial charge in [0.2, 0.25) is 0 Å². The normalized spacial score (nSPS) is 11.2. The highest BCUT2D eigenvalue weighted by Crippen LogP contribution is 2.27. The molecule has 3 aromatic rings. The molecule has 0 saturated carbocycles. The molecule has 0 aliphatic heterocycles. The Labute approximate surface area is 182 Å². The van der Waals surface area contributed by atoms with Crippen LogP contribution in [0.2, 0.25) is 0 Å². The number of ether oxygens (including phenoxy) is 2. The molecule has 0 radical (unpaired) electrons. The number of aliphatic imine (C=N–C) groups is 1. The number of guanidine groups is 1. The third kappa shape index (κ3) is 5.97. The molecule has 0 aliphatic carbocycles. The third-order valence-electron chi connectivity index (χ3n) is 4.47. The molecule has 2 N–H and O–H groups in total. The van der Waals surface area contributed by atoms with Crippen molar-refractivity contribution < 1.29 is 9.47 Å². The van der Waals surface area contributed by atoms with Crippen LogP contribution in [0.5, 0.6) is 11.5 Å². The minimum atomic E-state index is 0.537. The maximum absolute atomic E-state index is 5.38. The summed E-state index contributed by atoms with van der Waals surface area (Å²) < 4.78 is 10.7. The highest BCUT2D eigenvalue weighted by molar-refractivity contribution is 7.13. The van der Waals surface area contributed by atoms with Crippen LogP contribution in [-0.2, 0) is 13.0 Å². The van der Waals surface area contributed by atoms with E-state index in [4.69, 9.17) is 14.5 Å². The van der Waals surface area contributed by atoms with Crippen molar-refractivity contribution in [3.05, 3.63) is 65.2 Å². The average molecular weight is 425 g/mol. The van der Waals surface area contributed by atoms with Crippen molar-refractivity contribution in [1.29, 1.82) is 0 Å². The van der Waals surface area contributed by atoms with Crippen LogP contribution in [0.4, 0.5) is 0 Å². The summed E-state index contributed by atoms with van der Waals surface area (Å²) in [4.78, 5) is 9.38. The van der Waals surface area contributed by atoms with E-state index in [0.29, 0.717) is 6.54 Å². The van der Waals surface area contributed by atoms with Crippen molar-refractivity contribution in [2.45, 2.75) is 19.9 Å². The maximum Gasteiger partial charge on any atom is 0.191 e. The van der Waals surface area contributed by atoms with Gasteiger partial charge >= 0.3 is 0 Å². The Kier molecular flexibility index (Phi) is 8.09. The molecule has 0 bridgehead atoms. The van der Waals surface area contributed by atoms with Crippen molar-refractivity contribution in [3.8, 4) is 22.1 Å². The summed E-state index contributed by atoms with van der Waals surface area (Å²) in [7, 11) is 3.29. The largest absolute Gasteiger partial charge is 0.493 e. The smallest absolute Gasteiger partial charge is 0.191 e. The molecule has 0 atom stereocenters. The van der Waals surface area contributed by atoms with Crippen molar-refractivity contribution in [2.75, 3.05) is 27.3 Å². The van der Waals surface area contributed by atoms with Crippen LogP contribution < -0.4 is 20.1 Å². The number of nitrogens with one attached hydrogen (secondary N) is 2. The summed E-state index contributed by atoms with van der Waals surface area (Å²) in [5.41, 5.74) is 3.27. The molecule has 0 spiro atoms. The Morgan fingerprint density at radius 1 is 1.03 bits per heavy atom. The quantitative estimate of drug-likeness (QED) is 0.399. The zero-order chi connectivity index (χ0) is 21.2. The molecular formula is C23H28N4O2S. The second-order valence-electron chi connectivity index (χ2n) is 6.57. The van der Waals surface area contributed by atoms with E-state index in [1.165, 1.54) is 5.56 Å². The van der Waals surface area contributed by atoms with Gasteiger partial charge in [-0.2, -0.15) is 0 Å². The lowest BCUT2D eigenvalue weighted by Crippen LogP contribution is -2.38. The Morgan fingerprint density at radius 3 is 2.57 bits per heavy atom. The van der Waals surface area contributed by atoms with Crippen LogP contribution in [0.3, 0.4) is 0 Å². The monoisotopic (exact) mass is 424 g/mol. The molecule has 1 heterocycles. The fourth-order valence-electron chi connectivity index (χ4n) is 2.96. The molecule has 3 rings (SSSR count). The fraction of sp³-hybridized carbons (Fsp3) is 0.304. The number of hydrogen-bond acceptors (Lipinski definition) is 5. The van der Waals surface area contributed by atoms with Crippen molar-refractivity contribution in [1.82, 2.24) is 15.6 Å². The van der Waals surface area contributed by atoms with Gasteiger partial charge in [-0.15, -0.1) is 11.3 Å². The molecular weight excluding hydrogens is 396 g/mol. The van der Waals surface area contributed by atoms with E-state index in [-0.39, 0.29) is 0 Å². The summed E-state index contributed by atoms with van der Waals surface area (Å²) >= 11 is 1.65. The zero-order valence-electron chi connectivity index (χ0n) is 17.6. The van der Waals surface area contributed by atoms with Gasteiger partial charge in [0.15, 0.2) is 17.5 Å². The second-order valence-corrected chi connectivity index (χ2v) is 7.43. The summed E-state index contributed by atoms with van der Waals surface area (Å²) in [5, 5.41) is 9.76. The van der Waals surface area contributed by atoms with Gasteiger partial charge in [0.05, 0.1) is 26.5 Å². The minimum Gasteiger partial charge on any atom is -0.493 e. The Balaban J connectivity index is 1.57. The first kappa shape index (κ1) is 21.6. The summed E-state index contributed by atoms with van der Waals surface area (Å²) in [6.45, 7) is 4.15. The lowest BCUT2D eigenvalue weighted by molar-refractivity contribution is 0.354. The van der Waals surface area contributed by atoms with Gasteiger partial charge in [-0.1, -0.05) is 36.4 Å². The average Bonchev–Trinajstić information content (AvgIpc) is 3.27. The number of thiazole rings is 1. The van der Waals surface area contributed by atoms with E-state index in [1.54, 1.807) is 25.6 Å². The SMILES string of the molecule is CCNC(=NCc1csc(-c2ccccc2)n1)NCCc1ccc(OC)c(OC)c1. The predicted octanol–water partition coefficient (Wildman–Crippen LogP) is 4.13. The van der Waals surface area contributed by atoms with Crippen molar-refractivity contribution >= 4 is 17.3 Å². The van der Waals surface area contributed by atoms with Crippen LogP contribution in [0.25, 0.3) is 10.6 Å². The molecule has 1 aromatic heterocycles. The van der Waals surface area contributed by atoms with Crippen LogP contribution in [0.1, 0.15) is 18.2 Å². The fourth-order valence-corrected chi connectivity index (χ4v) is 3.77. The molecule has 2 aromatic carbocycles. The molecule has 0 saturated heterocycles. The summed E-state index contributed by atoms with van der Waals surface area (Å²) in [5.74, 6) is 2.27. The van der Waals surface area contributed by atoms with Crippen LogP contribution in [0, 0.1) is 0 Å². The zero-order valence-corrected chi connectivity index (χ0v) is 18.5. The lowest BCUT2D eigenvalue weighted by atomic mass is 10.1. The van der Waals surface area contributed by atoms with Crippen LogP contribution >= 0.6 is 11.3 Å². The first-order valence-electron chi connectivity index (χ1n) is 9.96. The number of aromatic nitrogens is 1. The van der Waals surface area contributed by atoms with Gasteiger partial charge in [-0.05, 0) is 31.0 Å². The molecule has 0 fully saturated rings. The van der Waals surface area contributed by atoms with Gasteiger partial charge in [-0.3, -0.25) is 0 Å². The van der Waals surface area contributed by atoms with Crippen molar-refractivity contribution in [2.24, 2.45) is 4.99 Å².